The molecule has 0 bridgehead atoms. The number of halogens is 2. The first kappa shape index (κ1) is 9.30. The van der Waals surface area contributed by atoms with Crippen molar-refractivity contribution in [1.29, 1.82) is 5.26 Å². The molecule has 0 aromatic carbocycles. The van der Waals surface area contributed by atoms with E-state index in [9.17, 15) is 0 Å². The van der Waals surface area contributed by atoms with Crippen molar-refractivity contribution in [3.63, 3.8) is 0 Å². The summed E-state index contributed by atoms with van der Waals surface area (Å²) in [7, 11) is 1.67. The van der Waals surface area contributed by atoms with Crippen molar-refractivity contribution in [2.24, 2.45) is 0 Å². The van der Waals surface area contributed by atoms with E-state index in [4.69, 9.17) is 28.5 Å². The number of aromatic nitrogens is 2. The Morgan fingerprint density at radius 3 is 2.50 bits per heavy atom. The second kappa shape index (κ2) is 3.75. The van der Waals surface area contributed by atoms with E-state index in [2.05, 4.69) is 9.97 Å². The topological polar surface area (TPSA) is 49.6 Å². The summed E-state index contributed by atoms with van der Waals surface area (Å²) in [4.78, 5) is 7.60. The Bertz CT molecular complexity index is 347. The molecule has 0 N–H and O–H groups in total. The van der Waals surface area contributed by atoms with Crippen LogP contribution in [0.4, 0.5) is 0 Å². The molecule has 0 unspecified atom stereocenters. The van der Waals surface area contributed by atoms with Crippen molar-refractivity contribution >= 4 is 36.1 Å². The van der Waals surface area contributed by atoms with E-state index in [1.54, 1.807) is 20.2 Å². The van der Waals surface area contributed by atoms with E-state index in [-0.39, 0.29) is 16.0 Å². The third kappa shape index (κ3) is 1.68. The Kier molecular flexibility index (Phi) is 2.91. The fourth-order valence-electron chi connectivity index (χ4n) is 0.661. The van der Waals surface area contributed by atoms with Crippen molar-refractivity contribution in [2.45, 2.75) is 6.82 Å². The SMILES string of the molecule is C[B]c1nc(Cl)c(C#N)nc1Cl. The van der Waals surface area contributed by atoms with E-state index in [1.807, 2.05) is 0 Å². The Morgan fingerprint density at radius 1 is 1.33 bits per heavy atom. The van der Waals surface area contributed by atoms with Crippen LogP contribution in [0.2, 0.25) is 17.1 Å². The lowest BCUT2D eigenvalue weighted by atomic mass is 9.78. The summed E-state index contributed by atoms with van der Waals surface area (Å²) < 4.78 is 0. The van der Waals surface area contributed by atoms with Crippen LogP contribution in [0.25, 0.3) is 0 Å². The lowest BCUT2D eigenvalue weighted by molar-refractivity contribution is 1.19. The van der Waals surface area contributed by atoms with Gasteiger partial charge in [-0.25, -0.2) is 9.97 Å². The predicted molar refractivity (Wildman–Crippen MR) is 48.0 cm³/mol. The molecule has 1 aromatic rings. The van der Waals surface area contributed by atoms with Crippen molar-refractivity contribution in [1.82, 2.24) is 9.97 Å². The number of hydrogen-bond donors (Lipinski definition) is 0. The number of hydrogen-bond acceptors (Lipinski definition) is 3. The van der Waals surface area contributed by atoms with Gasteiger partial charge in [0.25, 0.3) is 0 Å². The highest BCUT2D eigenvalue weighted by Crippen LogP contribution is 2.10. The van der Waals surface area contributed by atoms with Crippen LogP contribution in [0.15, 0.2) is 0 Å². The minimum atomic E-state index is 0.0484. The van der Waals surface area contributed by atoms with Crippen LogP contribution in [0.5, 0.6) is 0 Å². The molecule has 0 aliphatic heterocycles. The van der Waals surface area contributed by atoms with Crippen LogP contribution < -0.4 is 5.59 Å². The Labute approximate surface area is 80.6 Å². The zero-order valence-corrected chi connectivity index (χ0v) is 7.69. The largest absolute Gasteiger partial charge is 0.246 e. The maximum Gasteiger partial charge on any atom is 0.179 e. The first-order valence-electron chi connectivity index (χ1n) is 3.11. The van der Waals surface area contributed by atoms with Gasteiger partial charge in [0, 0.05) is 5.59 Å². The third-order valence-corrected chi connectivity index (χ3v) is 1.76. The molecule has 0 fully saturated rings. The number of rotatable bonds is 1. The van der Waals surface area contributed by atoms with Gasteiger partial charge >= 0.3 is 0 Å². The molecule has 3 nitrogen and oxygen atoms in total. The predicted octanol–water partition coefficient (Wildman–Crippen LogP) is 1.03. The standard InChI is InChI=1S/C6H3BCl2N3/c1-7-4-6(9)11-3(2-10)5(8)12-4/h1H3. The van der Waals surface area contributed by atoms with E-state index in [0.29, 0.717) is 5.59 Å². The molecule has 0 aliphatic rings. The second-order valence-electron chi connectivity index (χ2n) is 1.94. The number of nitriles is 1. The molecule has 1 radical (unpaired) electrons. The van der Waals surface area contributed by atoms with Crippen LogP contribution in [-0.4, -0.2) is 17.2 Å². The highest BCUT2D eigenvalue weighted by Gasteiger charge is 2.08. The van der Waals surface area contributed by atoms with Crippen LogP contribution >= 0.6 is 23.2 Å². The summed E-state index contributed by atoms with van der Waals surface area (Å²) in [6.07, 6.45) is 0. The van der Waals surface area contributed by atoms with Gasteiger partial charge in [-0.3, -0.25) is 0 Å². The van der Waals surface area contributed by atoms with Crippen molar-refractivity contribution in [2.75, 3.05) is 0 Å². The molecule has 0 saturated heterocycles. The van der Waals surface area contributed by atoms with Crippen molar-refractivity contribution < 1.29 is 0 Å². The molecule has 59 valence electrons. The van der Waals surface area contributed by atoms with Gasteiger partial charge < -0.3 is 0 Å². The Hall–Kier alpha value is -0.785. The molecule has 0 spiro atoms. The minimum absolute atomic E-state index is 0.0484. The van der Waals surface area contributed by atoms with Crippen molar-refractivity contribution in [3.8, 4) is 6.07 Å². The molecule has 1 rings (SSSR count). The number of nitrogens with zero attached hydrogens (tertiary/aromatic N) is 3. The molecule has 0 atom stereocenters. The summed E-state index contributed by atoms with van der Waals surface area (Å²) in [5, 5.41) is 8.77. The van der Waals surface area contributed by atoms with Crippen LogP contribution in [-0.2, 0) is 0 Å². The summed E-state index contributed by atoms with van der Waals surface area (Å²) >= 11 is 11.3. The summed E-state index contributed by atoms with van der Waals surface area (Å²) in [5.74, 6) is 0. The van der Waals surface area contributed by atoms with Crippen LogP contribution in [0.3, 0.4) is 0 Å². The summed E-state index contributed by atoms with van der Waals surface area (Å²) in [5.41, 5.74) is 0.535. The Balaban J connectivity index is 3.28. The second-order valence-corrected chi connectivity index (χ2v) is 2.66. The average Bonchev–Trinajstić information content (AvgIpc) is 2.08. The van der Waals surface area contributed by atoms with Gasteiger partial charge in [0.15, 0.2) is 18.1 Å². The maximum absolute atomic E-state index is 8.50. The summed E-state index contributed by atoms with van der Waals surface area (Å²) in [6, 6.07) is 1.78. The van der Waals surface area contributed by atoms with Gasteiger partial charge in [0.05, 0.1) is 0 Å². The lowest BCUT2D eigenvalue weighted by Gasteiger charge is -1.99. The van der Waals surface area contributed by atoms with Gasteiger partial charge in [0.1, 0.15) is 11.2 Å². The van der Waals surface area contributed by atoms with Gasteiger partial charge in [-0.2, -0.15) is 5.26 Å². The molecular weight excluding hydrogens is 196 g/mol. The molecule has 1 aromatic heterocycles. The normalized spacial score (nSPS) is 9.17. The smallest absolute Gasteiger partial charge is 0.179 e. The van der Waals surface area contributed by atoms with Crippen LogP contribution in [0, 0.1) is 11.3 Å². The third-order valence-electron chi connectivity index (χ3n) is 1.21. The molecule has 0 amide bonds. The minimum Gasteiger partial charge on any atom is -0.246 e. The van der Waals surface area contributed by atoms with Crippen molar-refractivity contribution in [3.05, 3.63) is 16.0 Å². The zero-order valence-electron chi connectivity index (χ0n) is 6.17. The molecule has 0 saturated carbocycles. The highest BCUT2D eigenvalue weighted by molar-refractivity contribution is 6.56. The van der Waals surface area contributed by atoms with Crippen LogP contribution in [0.1, 0.15) is 5.69 Å². The zero-order chi connectivity index (χ0) is 9.14. The van der Waals surface area contributed by atoms with Gasteiger partial charge in [-0.1, -0.05) is 30.0 Å². The fraction of sp³-hybridized carbons (Fsp3) is 0.167. The average molecular weight is 199 g/mol. The van der Waals surface area contributed by atoms with Gasteiger partial charge in [-0.05, 0) is 0 Å². The van der Waals surface area contributed by atoms with E-state index in [1.165, 1.54) is 0 Å². The monoisotopic (exact) mass is 198 g/mol. The molecule has 1 heterocycles. The molecular formula is C6H3BCl2N3. The quantitative estimate of drug-likeness (QED) is 0.634. The van der Waals surface area contributed by atoms with E-state index >= 15 is 0 Å². The highest BCUT2D eigenvalue weighted by atomic mass is 35.5. The Morgan fingerprint density at radius 2 is 2.00 bits per heavy atom. The molecule has 12 heavy (non-hydrogen) atoms. The summed E-state index contributed by atoms with van der Waals surface area (Å²) in [6.45, 7) is 1.76. The molecule has 0 aliphatic carbocycles. The van der Waals surface area contributed by atoms with Gasteiger partial charge in [0.2, 0.25) is 0 Å². The molecule has 6 heteroatoms. The first-order chi connectivity index (χ1) is 5.69. The van der Waals surface area contributed by atoms with Gasteiger partial charge in [-0.15, -0.1) is 0 Å². The van der Waals surface area contributed by atoms with E-state index < -0.39 is 0 Å². The van der Waals surface area contributed by atoms with E-state index in [0.717, 1.165) is 0 Å². The first-order valence-corrected chi connectivity index (χ1v) is 3.87. The lowest BCUT2D eigenvalue weighted by Crippen LogP contribution is -2.19. The fourth-order valence-corrected chi connectivity index (χ4v) is 1.07. The maximum atomic E-state index is 8.50.